The first-order valence-electron chi connectivity index (χ1n) is 6.98. The topological polar surface area (TPSA) is 41.6 Å². The van der Waals surface area contributed by atoms with Gasteiger partial charge in [-0.3, -0.25) is 4.99 Å². The lowest BCUT2D eigenvalue weighted by Gasteiger charge is -2.36. The van der Waals surface area contributed by atoms with Gasteiger partial charge in [-0.2, -0.15) is 0 Å². The molecule has 1 atom stereocenters. The molecule has 0 aliphatic carbocycles. The lowest BCUT2D eigenvalue weighted by molar-refractivity contribution is 0.499. The minimum Gasteiger partial charge on any atom is -0.369 e. The van der Waals surface area contributed by atoms with Crippen molar-refractivity contribution in [2.45, 2.75) is 18.9 Å². The second-order valence-corrected chi connectivity index (χ2v) is 6.56. The number of hydrogen-bond acceptors (Lipinski definition) is 3. The Morgan fingerprint density at radius 1 is 1.14 bits per heavy atom. The van der Waals surface area contributed by atoms with Crippen LogP contribution < -0.4 is 10.6 Å². The van der Waals surface area contributed by atoms with E-state index in [1.807, 2.05) is 18.2 Å². The molecular weight excluding hydrogens is 326 g/mol. The van der Waals surface area contributed by atoms with Gasteiger partial charge in [-0.25, -0.2) is 0 Å². The fourth-order valence-electron chi connectivity index (χ4n) is 2.87. The summed E-state index contributed by atoms with van der Waals surface area (Å²) in [6.07, 6.45) is 0.902. The molecule has 0 saturated heterocycles. The van der Waals surface area contributed by atoms with Gasteiger partial charge in [-0.05, 0) is 43.2 Å². The van der Waals surface area contributed by atoms with Crippen molar-refractivity contribution >= 4 is 27.6 Å². The van der Waals surface area contributed by atoms with E-state index in [0.29, 0.717) is 12.5 Å². The monoisotopic (exact) mass is 343 g/mol. The van der Waals surface area contributed by atoms with Gasteiger partial charge in [0.1, 0.15) is 0 Å². The van der Waals surface area contributed by atoms with Crippen molar-refractivity contribution in [3.05, 3.63) is 64.6 Å². The Morgan fingerprint density at radius 3 is 2.48 bits per heavy atom. The summed E-state index contributed by atoms with van der Waals surface area (Å²) in [5.74, 6) is 0.598. The van der Waals surface area contributed by atoms with E-state index in [9.17, 15) is 0 Å². The first-order chi connectivity index (χ1) is 10.1. The summed E-state index contributed by atoms with van der Waals surface area (Å²) >= 11 is 3.48. The van der Waals surface area contributed by atoms with Crippen molar-refractivity contribution < 1.29 is 0 Å². The summed E-state index contributed by atoms with van der Waals surface area (Å²) in [6.45, 7) is 2.93. The van der Waals surface area contributed by atoms with Crippen LogP contribution in [0.3, 0.4) is 0 Å². The maximum atomic E-state index is 6.13. The Labute approximate surface area is 133 Å². The summed E-state index contributed by atoms with van der Waals surface area (Å²) in [4.78, 5) is 6.62. The van der Waals surface area contributed by atoms with Gasteiger partial charge in [0, 0.05) is 10.2 Å². The highest BCUT2D eigenvalue weighted by Gasteiger charge is 2.38. The molecule has 3 rings (SSSR count). The van der Waals surface area contributed by atoms with Crippen molar-refractivity contribution in [1.29, 1.82) is 0 Å². The van der Waals surface area contributed by atoms with Crippen LogP contribution in [0.15, 0.2) is 64.1 Å². The maximum absolute atomic E-state index is 6.13. The Hall–Kier alpha value is -1.81. The zero-order valence-electron chi connectivity index (χ0n) is 12.0. The Bertz CT molecular complexity index is 651. The predicted molar refractivity (Wildman–Crippen MR) is 91.7 cm³/mol. The third-order valence-corrected chi connectivity index (χ3v) is 4.39. The normalized spacial score (nSPS) is 21.4. The molecule has 0 aromatic heterocycles. The van der Waals surface area contributed by atoms with E-state index in [1.165, 1.54) is 5.56 Å². The molecule has 0 amide bonds. The molecule has 0 bridgehead atoms. The molecule has 2 N–H and O–H groups in total. The smallest absolute Gasteiger partial charge is 0.196 e. The van der Waals surface area contributed by atoms with Crippen LogP contribution in [0, 0.1) is 0 Å². The van der Waals surface area contributed by atoms with Crippen LogP contribution in [-0.2, 0) is 6.42 Å². The first-order valence-corrected chi connectivity index (χ1v) is 7.77. The maximum Gasteiger partial charge on any atom is 0.196 e. The fourth-order valence-corrected chi connectivity index (χ4v) is 3.13. The quantitative estimate of drug-likeness (QED) is 0.925. The molecule has 1 heterocycles. The number of aliphatic imine (C=N–C) groups is 1. The van der Waals surface area contributed by atoms with Crippen LogP contribution in [0.1, 0.15) is 12.5 Å². The molecule has 1 aliphatic rings. The lowest BCUT2D eigenvalue weighted by Crippen LogP contribution is -2.51. The first kappa shape index (κ1) is 14.1. The molecule has 2 aromatic rings. The van der Waals surface area contributed by atoms with Gasteiger partial charge in [-0.1, -0.05) is 46.3 Å². The standard InChI is InChI=1S/C17H18BrN3/c1-17(11-13-7-9-14(18)10-8-13)12-20-16(19)21(17)15-5-3-2-4-6-15/h2-10H,11-12H2,1H3,(H2,19,20). The Morgan fingerprint density at radius 2 is 1.81 bits per heavy atom. The molecule has 21 heavy (non-hydrogen) atoms. The van der Waals surface area contributed by atoms with Crippen molar-refractivity contribution in [3.63, 3.8) is 0 Å². The van der Waals surface area contributed by atoms with Crippen molar-refractivity contribution in [2.24, 2.45) is 10.7 Å². The minimum atomic E-state index is -0.126. The predicted octanol–water partition coefficient (Wildman–Crippen LogP) is 3.59. The van der Waals surface area contributed by atoms with Gasteiger partial charge in [0.05, 0.1) is 12.1 Å². The number of halogens is 1. The number of hydrogen-bond donors (Lipinski definition) is 1. The van der Waals surface area contributed by atoms with Crippen LogP contribution in [0.25, 0.3) is 0 Å². The Kier molecular flexibility index (Phi) is 3.72. The Balaban J connectivity index is 1.90. The highest BCUT2D eigenvalue weighted by Crippen LogP contribution is 2.31. The van der Waals surface area contributed by atoms with E-state index in [-0.39, 0.29) is 5.54 Å². The number of nitrogens with two attached hydrogens (primary N) is 1. The largest absolute Gasteiger partial charge is 0.369 e. The molecule has 0 spiro atoms. The number of para-hydroxylation sites is 1. The van der Waals surface area contributed by atoms with Crippen molar-refractivity contribution in [3.8, 4) is 0 Å². The molecule has 1 unspecified atom stereocenters. The van der Waals surface area contributed by atoms with Gasteiger partial charge >= 0.3 is 0 Å². The number of anilines is 1. The molecule has 4 heteroatoms. The number of nitrogens with zero attached hydrogens (tertiary/aromatic N) is 2. The second kappa shape index (κ2) is 5.53. The van der Waals surface area contributed by atoms with E-state index in [0.717, 1.165) is 16.6 Å². The van der Waals surface area contributed by atoms with Crippen molar-refractivity contribution in [1.82, 2.24) is 0 Å². The highest BCUT2D eigenvalue weighted by atomic mass is 79.9. The average molecular weight is 344 g/mol. The lowest BCUT2D eigenvalue weighted by atomic mass is 9.91. The molecular formula is C17H18BrN3. The second-order valence-electron chi connectivity index (χ2n) is 5.65. The molecule has 0 saturated carbocycles. The van der Waals surface area contributed by atoms with Crippen molar-refractivity contribution in [2.75, 3.05) is 11.4 Å². The third kappa shape index (κ3) is 2.81. The van der Waals surface area contributed by atoms with Crippen LogP contribution in [0.5, 0.6) is 0 Å². The van der Waals surface area contributed by atoms with Gasteiger partial charge < -0.3 is 10.6 Å². The SMILES string of the molecule is CC1(Cc2ccc(Br)cc2)CN=C(N)N1c1ccccc1. The highest BCUT2D eigenvalue weighted by molar-refractivity contribution is 9.10. The molecule has 1 aliphatic heterocycles. The van der Waals surface area contributed by atoms with E-state index >= 15 is 0 Å². The van der Waals surface area contributed by atoms with Gasteiger partial charge in [0.15, 0.2) is 5.96 Å². The summed E-state index contributed by atoms with van der Waals surface area (Å²) in [7, 11) is 0. The molecule has 2 aromatic carbocycles. The summed E-state index contributed by atoms with van der Waals surface area (Å²) in [5.41, 5.74) is 8.38. The summed E-state index contributed by atoms with van der Waals surface area (Å²) in [6, 6.07) is 18.7. The van der Waals surface area contributed by atoms with E-state index in [1.54, 1.807) is 0 Å². The van der Waals surface area contributed by atoms with E-state index in [4.69, 9.17) is 5.73 Å². The van der Waals surface area contributed by atoms with Crippen LogP contribution in [-0.4, -0.2) is 18.0 Å². The van der Waals surface area contributed by atoms with E-state index in [2.05, 4.69) is 69.1 Å². The zero-order chi connectivity index (χ0) is 14.9. The molecule has 0 fully saturated rings. The van der Waals surface area contributed by atoms with Gasteiger partial charge in [0.2, 0.25) is 0 Å². The molecule has 0 radical (unpaired) electrons. The average Bonchev–Trinajstić information content (AvgIpc) is 2.78. The van der Waals surface area contributed by atoms with Gasteiger partial charge in [-0.15, -0.1) is 0 Å². The number of benzene rings is 2. The number of guanidine groups is 1. The van der Waals surface area contributed by atoms with E-state index < -0.39 is 0 Å². The third-order valence-electron chi connectivity index (χ3n) is 3.86. The molecule has 3 nitrogen and oxygen atoms in total. The number of rotatable bonds is 3. The fraction of sp³-hybridized carbons (Fsp3) is 0.235. The van der Waals surface area contributed by atoms with Crippen LogP contribution in [0.4, 0.5) is 5.69 Å². The van der Waals surface area contributed by atoms with Gasteiger partial charge in [0.25, 0.3) is 0 Å². The zero-order valence-corrected chi connectivity index (χ0v) is 13.5. The minimum absolute atomic E-state index is 0.126. The summed E-state index contributed by atoms with van der Waals surface area (Å²) in [5, 5.41) is 0. The summed E-state index contributed by atoms with van der Waals surface area (Å²) < 4.78 is 1.10. The molecule has 108 valence electrons. The van der Waals surface area contributed by atoms with Crippen LogP contribution >= 0.6 is 15.9 Å². The van der Waals surface area contributed by atoms with Crippen LogP contribution in [0.2, 0.25) is 0 Å².